The molecule has 2 aliphatic rings. The van der Waals surface area contributed by atoms with Gasteiger partial charge in [0, 0.05) is 11.1 Å². The molecule has 4 nitrogen and oxygen atoms in total. The summed E-state index contributed by atoms with van der Waals surface area (Å²) in [5.41, 5.74) is 2.57. The van der Waals surface area contributed by atoms with Crippen LogP contribution in [0.15, 0.2) is 48.1 Å². The molecule has 1 aromatic rings. The van der Waals surface area contributed by atoms with Crippen molar-refractivity contribution in [3.8, 4) is 0 Å². The molecule has 3 atom stereocenters. The fourth-order valence-electron chi connectivity index (χ4n) is 4.57. The lowest BCUT2D eigenvalue weighted by Crippen LogP contribution is -2.48. The molecule has 1 fully saturated rings. The molecule has 3 rings (SSSR count). The number of carbonyl (C=O) groups is 1. The number of carboxylic acids is 1. The molecule has 0 amide bonds. The monoisotopic (exact) mass is 355 g/mol. The smallest absolute Gasteiger partial charge is 0.337 e. The van der Waals surface area contributed by atoms with Crippen molar-refractivity contribution >= 4 is 11.7 Å². The van der Waals surface area contributed by atoms with Gasteiger partial charge in [0.1, 0.15) is 0 Å². The molecule has 3 unspecified atom stereocenters. The van der Waals surface area contributed by atoms with E-state index in [1.165, 1.54) is 5.57 Å². The molecular formula is C22H29NO3. The highest BCUT2D eigenvalue weighted by Crippen LogP contribution is 2.53. The highest BCUT2D eigenvalue weighted by molar-refractivity contribution is 5.94. The number of hydrogen-bond acceptors (Lipinski definition) is 3. The van der Waals surface area contributed by atoms with Crippen LogP contribution in [0.25, 0.3) is 0 Å². The zero-order valence-electron chi connectivity index (χ0n) is 15.9. The summed E-state index contributed by atoms with van der Waals surface area (Å²) in [5.74, 6) is -0.683. The average Bonchev–Trinajstić information content (AvgIpc) is 2.56. The first-order valence-corrected chi connectivity index (χ1v) is 9.32. The summed E-state index contributed by atoms with van der Waals surface area (Å²) in [5, 5.41) is 23.7. The van der Waals surface area contributed by atoms with E-state index in [1.807, 2.05) is 26.0 Å². The largest absolute Gasteiger partial charge is 0.478 e. The Balaban J connectivity index is 1.91. The van der Waals surface area contributed by atoms with Crippen LogP contribution in [0.5, 0.6) is 0 Å². The first kappa shape index (κ1) is 18.7. The van der Waals surface area contributed by atoms with Crippen molar-refractivity contribution in [1.29, 1.82) is 0 Å². The van der Waals surface area contributed by atoms with E-state index in [-0.39, 0.29) is 16.9 Å². The second kappa shape index (κ2) is 6.58. The maximum Gasteiger partial charge on any atom is 0.337 e. The average molecular weight is 355 g/mol. The third-order valence-corrected chi connectivity index (χ3v) is 6.37. The minimum Gasteiger partial charge on any atom is -0.478 e. The van der Waals surface area contributed by atoms with Gasteiger partial charge < -0.3 is 15.5 Å². The Morgan fingerprint density at radius 3 is 2.73 bits per heavy atom. The molecule has 0 heterocycles. The van der Waals surface area contributed by atoms with Crippen LogP contribution in [0.3, 0.4) is 0 Å². The number of benzene rings is 1. The first-order valence-electron chi connectivity index (χ1n) is 9.32. The molecule has 3 N–H and O–H groups in total. The normalized spacial score (nSPS) is 28.9. The van der Waals surface area contributed by atoms with Crippen molar-refractivity contribution in [2.45, 2.75) is 58.1 Å². The van der Waals surface area contributed by atoms with Crippen molar-refractivity contribution < 1.29 is 15.0 Å². The van der Waals surface area contributed by atoms with Crippen molar-refractivity contribution in [1.82, 2.24) is 0 Å². The molecule has 0 saturated heterocycles. The Morgan fingerprint density at radius 1 is 1.35 bits per heavy atom. The predicted molar refractivity (Wildman–Crippen MR) is 104 cm³/mol. The highest BCUT2D eigenvalue weighted by atomic mass is 16.4. The Labute approximate surface area is 155 Å². The van der Waals surface area contributed by atoms with E-state index in [0.717, 1.165) is 31.3 Å². The molecule has 0 bridgehead atoms. The molecule has 1 saturated carbocycles. The molecule has 0 radical (unpaired) electrons. The third kappa shape index (κ3) is 3.18. The lowest BCUT2D eigenvalue weighted by molar-refractivity contribution is 0.00554. The van der Waals surface area contributed by atoms with Crippen LogP contribution in [0.1, 0.15) is 56.8 Å². The van der Waals surface area contributed by atoms with Gasteiger partial charge in [0.25, 0.3) is 0 Å². The zero-order valence-corrected chi connectivity index (χ0v) is 15.9. The number of aromatic carboxylic acids is 1. The quantitative estimate of drug-likeness (QED) is 0.689. The molecule has 0 spiro atoms. The predicted octanol–water partition coefficient (Wildman–Crippen LogP) is 4.63. The van der Waals surface area contributed by atoms with Gasteiger partial charge in [-0.25, -0.2) is 4.79 Å². The number of anilines is 1. The number of aliphatic hydroxyl groups excluding tert-OH is 1. The second-order valence-corrected chi connectivity index (χ2v) is 8.51. The number of rotatable bonds is 4. The van der Waals surface area contributed by atoms with Crippen molar-refractivity contribution in [2.75, 3.05) is 5.32 Å². The Hall–Kier alpha value is -2.07. The van der Waals surface area contributed by atoms with E-state index < -0.39 is 17.6 Å². The van der Waals surface area contributed by atoms with Crippen LogP contribution >= 0.6 is 0 Å². The van der Waals surface area contributed by atoms with Gasteiger partial charge in [0.2, 0.25) is 0 Å². The van der Waals surface area contributed by atoms with Crippen LogP contribution in [-0.2, 0) is 0 Å². The lowest BCUT2D eigenvalue weighted by atomic mass is 9.57. The van der Waals surface area contributed by atoms with Gasteiger partial charge in [0.05, 0.1) is 17.2 Å². The Kier molecular flexibility index (Phi) is 4.74. The Morgan fingerprint density at radius 2 is 2.04 bits per heavy atom. The fourth-order valence-corrected chi connectivity index (χ4v) is 4.57. The number of carboxylic acid groups (broad SMARTS) is 1. The standard InChI is InChI=1S/C22H29NO3/c1-14-8-7-11-22(4)17(14)12-15(13-19(22)24)21(2,3)23-18-10-6-5-9-16(18)20(25)26/h5-6,9-10,13,17,19,23-24H,1,7-8,11-12H2,2-4H3,(H,25,26). The number of para-hydroxylation sites is 1. The van der Waals surface area contributed by atoms with Crippen molar-refractivity contribution in [3.05, 3.63) is 53.6 Å². The number of fused-ring (bicyclic) bond motifs is 1. The number of nitrogens with one attached hydrogen (secondary N) is 1. The van der Waals surface area contributed by atoms with E-state index in [0.29, 0.717) is 5.69 Å². The minimum atomic E-state index is -0.949. The van der Waals surface area contributed by atoms with Crippen molar-refractivity contribution in [2.24, 2.45) is 11.3 Å². The summed E-state index contributed by atoms with van der Waals surface area (Å²) in [6.07, 6.45) is 5.43. The van der Waals surface area contributed by atoms with Gasteiger partial charge in [-0.1, -0.05) is 37.3 Å². The maximum absolute atomic E-state index is 11.5. The molecule has 1 aromatic carbocycles. The molecule has 0 aliphatic heterocycles. The summed E-state index contributed by atoms with van der Waals surface area (Å²) in [7, 11) is 0. The van der Waals surface area contributed by atoms with Gasteiger partial charge in [-0.2, -0.15) is 0 Å². The Bertz CT molecular complexity index is 764. The van der Waals surface area contributed by atoms with E-state index >= 15 is 0 Å². The van der Waals surface area contributed by atoms with Crippen LogP contribution in [0.4, 0.5) is 5.69 Å². The molecule has 140 valence electrons. The van der Waals surface area contributed by atoms with Crippen LogP contribution in [0, 0.1) is 11.3 Å². The first-order chi connectivity index (χ1) is 12.1. The minimum absolute atomic E-state index is 0.145. The second-order valence-electron chi connectivity index (χ2n) is 8.51. The molecule has 4 heteroatoms. The van der Waals surface area contributed by atoms with E-state index in [2.05, 4.69) is 18.8 Å². The van der Waals surface area contributed by atoms with E-state index in [9.17, 15) is 15.0 Å². The van der Waals surface area contributed by atoms with Gasteiger partial charge >= 0.3 is 5.97 Å². The zero-order chi connectivity index (χ0) is 19.1. The van der Waals surface area contributed by atoms with Gasteiger partial charge in [-0.15, -0.1) is 0 Å². The number of hydrogen-bond donors (Lipinski definition) is 3. The van der Waals surface area contributed by atoms with Crippen LogP contribution < -0.4 is 5.32 Å². The highest BCUT2D eigenvalue weighted by Gasteiger charge is 2.47. The van der Waals surface area contributed by atoms with E-state index in [4.69, 9.17) is 0 Å². The van der Waals surface area contributed by atoms with Crippen molar-refractivity contribution in [3.63, 3.8) is 0 Å². The number of aliphatic hydroxyl groups is 1. The molecule has 2 aliphatic carbocycles. The lowest BCUT2D eigenvalue weighted by Gasteiger charge is -2.50. The summed E-state index contributed by atoms with van der Waals surface area (Å²) in [6.45, 7) is 10.5. The third-order valence-electron chi connectivity index (χ3n) is 6.37. The van der Waals surface area contributed by atoms with E-state index in [1.54, 1.807) is 18.2 Å². The molecular weight excluding hydrogens is 326 g/mol. The summed E-state index contributed by atoms with van der Waals surface area (Å²) < 4.78 is 0. The van der Waals surface area contributed by atoms with Crippen LogP contribution in [-0.4, -0.2) is 27.8 Å². The molecule has 26 heavy (non-hydrogen) atoms. The van der Waals surface area contributed by atoms with Gasteiger partial charge in [0.15, 0.2) is 0 Å². The topological polar surface area (TPSA) is 69.6 Å². The van der Waals surface area contributed by atoms with Gasteiger partial charge in [-0.05, 0) is 63.2 Å². The summed E-state index contributed by atoms with van der Waals surface area (Å²) in [6, 6.07) is 6.94. The maximum atomic E-state index is 11.5. The summed E-state index contributed by atoms with van der Waals surface area (Å²) in [4.78, 5) is 11.5. The summed E-state index contributed by atoms with van der Waals surface area (Å²) >= 11 is 0. The SMILES string of the molecule is C=C1CCCC2(C)C(O)C=C(C(C)(C)Nc3ccccc3C(=O)O)CC12. The van der Waals surface area contributed by atoms with Crippen LogP contribution in [0.2, 0.25) is 0 Å². The molecule has 0 aromatic heterocycles. The number of allylic oxidation sites excluding steroid dienone is 1. The van der Waals surface area contributed by atoms with Gasteiger partial charge in [-0.3, -0.25) is 0 Å². The fraction of sp³-hybridized carbons (Fsp3) is 0.500.